The van der Waals surface area contributed by atoms with Gasteiger partial charge in [-0.2, -0.15) is 0 Å². The van der Waals surface area contributed by atoms with Gasteiger partial charge in [-0.25, -0.2) is 0 Å². The Bertz CT molecular complexity index is 493. The van der Waals surface area contributed by atoms with Gasteiger partial charge < -0.3 is 15.4 Å². The first-order valence-corrected chi connectivity index (χ1v) is 5.14. The van der Waals surface area contributed by atoms with Crippen molar-refractivity contribution in [3.05, 3.63) is 35.0 Å². The molecule has 80 valence electrons. The van der Waals surface area contributed by atoms with Crippen LogP contribution in [0.4, 0.5) is 0 Å². The number of hydrogen-bond donors (Lipinski definition) is 2. The number of para-hydroxylation sites is 1. The summed E-state index contributed by atoms with van der Waals surface area (Å²) in [6.07, 6.45) is 1.24. The van der Waals surface area contributed by atoms with Gasteiger partial charge in [-0.1, -0.05) is 23.7 Å². The van der Waals surface area contributed by atoms with Crippen molar-refractivity contribution in [1.82, 2.24) is 4.57 Å². The quantitative estimate of drug-likeness (QED) is 0.818. The molecule has 1 heterocycles. The molecule has 15 heavy (non-hydrogen) atoms. The van der Waals surface area contributed by atoms with Gasteiger partial charge in [0.15, 0.2) is 0 Å². The zero-order valence-corrected chi connectivity index (χ0v) is 9.20. The molecule has 0 saturated heterocycles. The minimum absolute atomic E-state index is 0.214. The number of aliphatic hydroxyl groups excluding tert-OH is 1. The summed E-state index contributed by atoms with van der Waals surface area (Å²) in [5.74, 6) is 0. The van der Waals surface area contributed by atoms with Crippen LogP contribution < -0.4 is 5.73 Å². The highest BCUT2D eigenvalue weighted by Crippen LogP contribution is 2.30. The Labute approximate surface area is 93.1 Å². The molecule has 2 aromatic rings. The van der Waals surface area contributed by atoms with E-state index < -0.39 is 6.10 Å². The second-order valence-electron chi connectivity index (χ2n) is 3.58. The molecular formula is C11H13ClN2O. The summed E-state index contributed by atoms with van der Waals surface area (Å²) >= 11 is 6.09. The van der Waals surface area contributed by atoms with Crippen LogP contribution >= 0.6 is 11.6 Å². The van der Waals surface area contributed by atoms with Crippen LogP contribution in [-0.2, 0) is 7.05 Å². The van der Waals surface area contributed by atoms with Crippen LogP contribution in [0.3, 0.4) is 0 Å². The first-order chi connectivity index (χ1) is 7.15. The molecule has 1 aromatic carbocycles. The maximum atomic E-state index is 9.75. The Hall–Kier alpha value is -1.03. The van der Waals surface area contributed by atoms with Crippen LogP contribution in [0.1, 0.15) is 11.7 Å². The van der Waals surface area contributed by atoms with Crippen molar-refractivity contribution >= 4 is 22.5 Å². The molecule has 3 N–H and O–H groups in total. The number of aliphatic hydroxyl groups is 1. The lowest BCUT2D eigenvalue weighted by Gasteiger charge is -2.05. The normalized spacial score (nSPS) is 13.3. The molecule has 0 spiro atoms. The van der Waals surface area contributed by atoms with E-state index in [1.807, 2.05) is 36.0 Å². The standard InChI is InChI=1S/C11H13ClN2O/c1-14-6-8(10(15)5-13)7-3-2-4-9(12)11(7)14/h2-4,6,10,15H,5,13H2,1H3. The molecular weight excluding hydrogens is 212 g/mol. The van der Waals surface area contributed by atoms with Gasteiger partial charge in [0.05, 0.1) is 16.6 Å². The van der Waals surface area contributed by atoms with E-state index in [0.29, 0.717) is 5.02 Å². The second kappa shape index (κ2) is 3.85. The van der Waals surface area contributed by atoms with Gasteiger partial charge in [0.1, 0.15) is 0 Å². The van der Waals surface area contributed by atoms with Gasteiger partial charge >= 0.3 is 0 Å². The van der Waals surface area contributed by atoms with E-state index in [0.717, 1.165) is 16.5 Å². The summed E-state index contributed by atoms with van der Waals surface area (Å²) in [6.45, 7) is 0.214. The topological polar surface area (TPSA) is 51.2 Å². The van der Waals surface area contributed by atoms with E-state index in [4.69, 9.17) is 17.3 Å². The number of fused-ring (bicyclic) bond motifs is 1. The number of hydrogen-bond acceptors (Lipinski definition) is 2. The SMILES string of the molecule is Cn1cc(C(O)CN)c2cccc(Cl)c21. The minimum atomic E-state index is -0.632. The molecule has 2 rings (SSSR count). The summed E-state index contributed by atoms with van der Waals surface area (Å²) in [7, 11) is 1.90. The van der Waals surface area contributed by atoms with E-state index in [1.54, 1.807) is 0 Å². The molecule has 1 atom stereocenters. The summed E-state index contributed by atoms with van der Waals surface area (Å²) in [4.78, 5) is 0. The van der Waals surface area contributed by atoms with Crippen LogP contribution in [0.25, 0.3) is 10.9 Å². The number of benzene rings is 1. The Morgan fingerprint density at radius 3 is 2.93 bits per heavy atom. The van der Waals surface area contributed by atoms with E-state index >= 15 is 0 Å². The summed E-state index contributed by atoms with van der Waals surface area (Å²) in [5.41, 5.74) is 7.21. The summed E-state index contributed by atoms with van der Waals surface area (Å²) < 4.78 is 1.91. The van der Waals surface area contributed by atoms with Crippen LogP contribution in [0.2, 0.25) is 5.02 Å². The number of nitrogens with zero attached hydrogens (tertiary/aromatic N) is 1. The minimum Gasteiger partial charge on any atom is -0.387 e. The Kier molecular flexibility index (Phi) is 2.69. The molecule has 0 radical (unpaired) electrons. The summed E-state index contributed by atoms with van der Waals surface area (Å²) in [5, 5.41) is 11.4. The van der Waals surface area contributed by atoms with E-state index in [1.165, 1.54) is 0 Å². The fourth-order valence-electron chi connectivity index (χ4n) is 1.84. The van der Waals surface area contributed by atoms with Crippen molar-refractivity contribution in [2.45, 2.75) is 6.10 Å². The smallest absolute Gasteiger partial charge is 0.0932 e. The van der Waals surface area contributed by atoms with Gasteiger partial charge in [-0.15, -0.1) is 0 Å². The molecule has 4 heteroatoms. The first-order valence-electron chi connectivity index (χ1n) is 4.76. The monoisotopic (exact) mass is 224 g/mol. The van der Waals surface area contributed by atoms with E-state index in [2.05, 4.69) is 0 Å². The predicted octanol–water partition coefficient (Wildman–Crippen LogP) is 1.82. The number of aryl methyl sites for hydroxylation is 1. The predicted molar refractivity (Wildman–Crippen MR) is 61.9 cm³/mol. The Morgan fingerprint density at radius 2 is 2.27 bits per heavy atom. The Balaban J connectivity index is 2.73. The average molecular weight is 225 g/mol. The van der Waals surface area contributed by atoms with Crippen molar-refractivity contribution < 1.29 is 5.11 Å². The van der Waals surface area contributed by atoms with Gasteiger partial charge in [0.25, 0.3) is 0 Å². The van der Waals surface area contributed by atoms with E-state index in [9.17, 15) is 5.11 Å². The molecule has 0 amide bonds. The third-order valence-electron chi connectivity index (χ3n) is 2.57. The number of nitrogens with two attached hydrogens (primary N) is 1. The Morgan fingerprint density at radius 1 is 1.53 bits per heavy atom. The number of aromatic nitrogens is 1. The van der Waals surface area contributed by atoms with E-state index in [-0.39, 0.29) is 6.54 Å². The molecule has 1 unspecified atom stereocenters. The largest absolute Gasteiger partial charge is 0.387 e. The lowest BCUT2D eigenvalue weighted by Crippen LogP contribution is -2.10. The number of rotatable bonds is 2. The zero-order valence-electron chi connectivity index (χ0n) is 8.44. The first kappa shape index (κ1) is 10.5. The van der Waals surface area contributed by atoms with Crippen molar-refractivity contribution in [3.8, 4) is 0 Å². The van der Waals surface area contributed by atoms with Crippen LogP contribution in [-0.4, -0.2) is 16.2 Å². The third kappa shape index (κ3) is 1.63. The molecule has 0 aliphatic carbocycles. The molecule has 0 aliphatic rings. The average Bonchev–Trinajstić information content (AvgIpc) is 2.56. The molecule has 0 saturated carbocycles. The maximum absolute atomic E-state index is 9.75. The highest BCUT2D eigenvalue weighted by molar-refractivity contribution is 6.35. The molecule has 0 bridgehead atoms. The fraction of sp³-hybridized carbons (Fsp3) is 0.273. The van der Waals surface area contributed by atoms with Crippen LogP contribution in [0, 0.1) is 0 Å². The van der Waals surface area contributed by atoms with Gasteiger partial charge in [-0.05, 0) is 6.07 Å². The third-order valence-corrected chi connectivity index (χ3v) is 2.87. The lowest BCUT2D eigenvalue weighted by atomic mass is 10.1. The van der Waals surface area contributed by atoms with Gasteiger partial charge in [0, 0.05) is 30.7 Å². The van der Waals surface area contributed by atoms with Crippen molar-refractivity contribution in [1.29, 1.82) is 0 Å². The highest BCUT2D eigenvalue weighted by atomic mass is 35.5. The van der Waals surface area contributed by atoms with Gasteiger partial charge in [0.2, 0.25) is 0 Å². The van der Waals surface area contributed by atoms with Crippen molar-refractivity contribution in [2.24, 2.45) is 12.8 Å². The molecule has 3 nitrogen and oxygen atoms in total. The molecule has 0 aliphatic heterocycles. The molecule has 1 aromatic heterocycles. The number of halogens is 1. The van der Waals surface area contributed by atoms with Gasteiger partial charge in [-0.3, -0.25) is 0 Å². The summed E-state index contributed by atoms with van der Waals surface area (Å²) in [6, 6.07) is 5.65. The zero-order chi connectivity index (χ0) is 11.0. The van der Waals surface area contributed by atoms with Crippen LogP contribution in [0.5, 0.6) is 0 Å². The fourth-order valence-corrected chi connectivity index (χ4v) is 2.15. The van der Waals surface area contributed by atoms with Crippen LogP contribution in [0.15, 0.2) is 24.4 Å². The maximum Gasteiger partial charge on any atom is 0.0932 e. The second-order valence-corrected chi connectivity index (χ2v) is 3.99. The highest BCUT2D eigenvalue weighted by Gasteiger charge is 2.14. The van der Waals surface area contributed by atoms with Crippen molar-refractivity contribution in [3.63, 3.8) is 0 Å². The molecule has 0 fully saturated rings. The lowest BCUT2D eigenvalue weighted by molar-refractivity contribution is 0.188. The van der Waals surface area contributed by atoms with Crippen molar-refractivity contribution in [2.75, 3.05) is 6.54 Å².